The molecule has 33 heavy (non-hydrogen) atoms. The molecule has 0 aliphatic carbocycles. The Labute approximate surface area is 195 Å². The van der Waals surface area contributed by atoms with E-state index in [1.807, 2.05) is 0 Å². The zero-order valence-corrected chi connectivity index (χ0v) is 19.4. The van der Waals surface area contributed by atoms with E-state index in [0.717, 1.165) is 11.3 Å². The van der Waals surface area contributed by atoms with Crippen LogP contribution in [-0.4, -0.2) is 81.7 Å². The summed E-state index contributed by atoms with van der Waals surface area (Å²) in [4.78, 5) is 54.5. The lowest BCUT2D eigenvalue weighted by Crippen LogP contribution is -2.71. The number of aromatic nitrogens is 1. The predicted octanol–water partition coefficient (Wildman–Crippen LogP) is -0.344. The van der Waals surface area contributed by atoms with E-state index in [2.05, 4.69) is 15.5 Å². The number of β-lactam (4-membered cyclic amide) rings is 1. The summed E-state index contributed by atoms with van der Waals surface area (Å²) < 4.78 is 15.1. The lowest BCUT2D eigenvalue weighted by molar-refractivity contribution is -0.182. The molecule has 13 nitrogen and oxygen atoms in total. The Morgan fingerprint density at radius 3 is 2.73 bits per heavy atom. The number of nitrogens with two attached hydrogens (primary N) is 1. The van der Waals surface area contributed by atoms with Crippen molar-refractivity contribution in [1.29, 1.82) is 0 Å². The Morgan fingerprint density at radius 2 is 2.15 bits per heavy atom. The van der Waals surface area contributed by atoms with Crippen LogP contribution in [0.2, 0.25) is 0 Å². The van der Waals surface area contributed by atoms with E-state index < -0.39 is 47.2 Å². The number of rotatable bonds is 8. The van der Waals surface area contributed by atoms with Crippen molar-refractivity contribution in [3.63, 3.8) is 0 Å². The number of thioether (sulfide) groups is 1. The van der Waals surface area contributed by atoms with Gasteiger partial charge in [-0.15, -0.1) is 23.1 Å². The van der Waals surface area contributed by atoms with E-state index in [9.17, 15) is 24.4 Å². The number of thiazole rings is 1. The van der Waals surface area contributed by atoms with Crippen molar-refractivity contribution >= 4 is 57.7 Å². The first kappa shape index (κ1) is 24.5. The number of carbonyl (C=O) groups is 4. The van der Waals surface area contributed by atoms with Gasteiger partial charge in [0.15, 0.2) is 10.8 Å². The molecule has 0 saturated carbocycles. The Balaban J connectivity index is 1.77. The SMILES string of the molecule is COCC1=C(C(=O)OC(C)OC(C)=O)N2C(=O)C(NC(=O)C(=NO)c3csc(N)n3)[C@H]2SC1. The minimum absolute atomic E-state index is 0.0292. The predicted molar refractivity (Wildman–Crippen MR) is 116 cm³/mol. The molecule has 0 aromatic carbocycles. The van der Waals surface area contributed by atoms with E-state index in [1.54, 1.807) is 0 Å². The van der Waals surface area contributed by atoms with Gasteiger partial charge in [0.1, 0.15) is 22.8 Å². The van der Waals surface area contributed by atoms with Crippen molar-refractivity contribution in [1.82, 2.24) is 15.2 Å². The second-order valence-electron chi connectivity index (χ2n) is 6.85. The number of anilines is 1. The van der Waals surface area contributed by atoms with Crippen LogP contribution in [0.1, 0.15) is 19.5 Å². The average Bonchev–Trinajstić information content (AvgIpc) is 3.17. The van der Waals surface area contributed by atoms with Gasteiger partial charge in [-0.25, -0.2) is 9.78 Å². The molecule has 2 amide bonds. The third-order valence-electron chi connectivity index (χ3n) is 4.53. The minimum Gasteiger partial charge on any atom is -0.426 e. The summed E-state index contributed by atoms with van der Waals surface area (Å²) in [6, 6.07) is -0.993. The van der Waals surface area contributed by atoms with Crippen molar-refractivity contribution in [3.05, 3.63) is 22.3 Å². The number of carbonyl (C=O) groups excluding carboxylic acids is 4. The number of oxime groups is 1. The molecular formula is C18H21N5O8S2. The number of nitrogen functional groups attached to an aromatic ring is 1. The Kier molecular flexibility index (Phi) is 7.55. The van der Waals surface area contributed by atoms with Crippen LogP contribution in [0.4, 0.5) is 5.13 Å². The molecule has 3 atom stereocenters. The fraction of sp³-hybridized carbons (Fsp3) is 0.444. The molecule has 0 radical (unpaired) electrons. The first-order chi connectivity index (χ1) is 15.7. The largest absolute Gasteiger partial charge is 0.426 e. The number of hydrogen-bond donors (Lipinski definition) is 3. The smallest absolute Gasteiger partial charge is 0.358 e. The molecule has 2 aliphatic rings. The third kappa shape index (κ3) is 5.09. The molecule has 2 aliphatic heterocycles. The topological polar surface area (TPSA) is 183 Å². The van der Waals surface area contributed by atoms with Crippen molar-refractivity contribution in [2.75, 3.05) is 25.2 Å². The van der Waals surface area contributed by atoms with Crippen LogP contribution in [-0.2, 0) is 33.4 Å². The highest BCUT2D eigenvalue weighted by Crippen LogP contribution is 2.40. The van der Waals surface area contributed by atoms with E-state index >= 15 is 0 Å². The highest BCUT2D eigenvalue weighted by atomic mass is 32.2. The molecule has 15 heteroatoms. The summed E-state index contributed by atoms with van der Waals surface area (Å²) >= 11 is 2.36. The van der Waals surface area contributed by atoms with Gasteiger partial charge in [-0.1, -0.05) is 5.16 Å². The van der Waals surface area contributed by atoms with Crippen molar-refractivity contribution in [2.24, 2.45) is 5.16 Å². The van der Waals surface area contributed by atoms with Crippen LogP contribution in [0.3, 0.4) is 0 Å². The summed E-state index contributed by atoms with van der Waals surface area (Å²) in [6.45, 7) is 2.61. The van der Waals surface area contributed by atoms with Crippen LogP contribution in [0.25, 0.3) is 0 Å². The van der Waals surface area contributed by atoms with Gasteiger partial charge in [0.25, 0.3) is 11.8 Å². The van der Waals surface area contributed by atoms with Gasteiger partial charge in [0.2, 0.25) is 6.29 Å². The number of ether oxygens (including phenoxy) is 3. The van der Waals surface area contributed by atoms with E-state index in [4.69, 9.17) is 19.9 Å². The van der Waals surface area contributed by atoms with Crippen LogP contribution in [0, 0.1) is 0 Å². The Bertz CT molecular complexity index is 1040. The van der Waals surface area contributed by atoms with Crippen LogP contribution in [0.15, 0.2) is 21.8 Å². The fourth-order valence-electron chi connectivity index (χ4n) is 3.24. The van der Waals surface area contributed by atoms with Crippen LogP contribution < -0.4 is 11.1 Å². The highest BCUT2D eigenvalue weighted by molar-refractivity contribution is 8.00. The number of nitrogens with one attached hydrogen (secondary N) is 1. The van der Waals surface area contributed by atoms with Gasteiger partial charge in [-0.2, -0.15) is 0 Å². The molecule has 1 aromatic rings. The summed E-state index contributed by atoms with van der Waals surface area (Å²) in [5.74, 6) is -2.58. The normalized spacial score (nSPS) is 21.1. The molecule has 2 unspecified atom stereocenters. The van der Waals surface area contributed by atoms with E-state index in [1.165, 1.54) is 43.0 Å². The van der Waals surface area contributed by atoms with Crippen LogP contribution in [0.5, 0.6) is 0 Å². The molecule has 4 N–H and O–H groups in total. The van der Waals surface area contributed by atoms with Crippen molar-refractivity contribution in [3.8, 4) is 0 Å². The molecule has 0 bridgehead atoms. The second kappa shape index (κ2) is 10.2. The zero-order chi connectivity index (χ0) is 24.3. The van der Waals surface area contributed by atoms with Crippen molar-refractivity contribution in [2.45, 2.75) is 31.6 Å². The molecule has 3 heterocycles. The van der Waals surface area contributed by atoms with Gasteiger partial charge in [0.05, 0.1) is 6.61 Å². The fourth-order valence-corrected chi connectivity index (χ4v) is 5.12. The van der Waals surface area contributed by atoms with E-state index in [0.29, 0.717) is 11.3 Å². The van der Waals surface area contributed by atoms with Gasteiger partial charge in [-0.05, 0) is 5.57 Å². The zero-order valence-electron chi connectivity index (χ0n) is 17.8. The molecule has 0 spiro atoms. The quantitative estimate of drug-likeness (QED) is 0.106. The summed E-state index contributed by atoms with van der Waals surface area (Å²) in [6.07, 6.45) is -1.17. The number of hydrogen-bond acceptors (Lipinski definition) is 13. The molecule has 1 saturated heterocycles. The number of esters is 2. The van der Waals surface area contributed by atoms with Gasteiger partial charge < -0.3 is 30.5 Å². The number of fused-ring (bicyclic) bond motifs is 1. The maximum atomic E-state index is 12.9. The standard InChI is InChI=1S/C18H21N5O8S2/c1-7(24)30-8(2)31-17(27)13-9(4-29-3)5-32-16-12(15(26)23(13)16)21-14(25)11(22-28)10-6-33-18(19)20-10/h6,8,12,16,28H,4-5H2,1-3H3,(H2,19,20)(H,21,25)/t8?,12?,16-/m1/s1. The third-order valence-corrected chi connectivity index (χ3v) is 6.54. The Morgan fingerprint density at radius 1 is 1.42 bits per heavy atom. The Hall–Kier alpha value is -3.17. The first-order valence-electron chi connectivity index (χ1n) is 9.46. The maximum absolute atomic E-state index is 12.9. The monoisotopic (exact) mass is 499 g/mol. The molecular weight excluding hydrogens is 478 g/mol. The molecule has 178 valence electrons. The summed E-state index contributed by atoms with van der Waals surface area (Å²) in [5, 5.41) is 15.7. The van der Waals surface area contributed by atoms with Crippen molar-refractivity contribution < 1.29 is 38.6 Å². The second-order valence-corrected chi connectivity index (χ2v) is 8.84. The maximum Gasteiger partial charge on any atom is 0.358 e. The first-order valence-corrected chi connectivity index (χ1v) is 11.4. The number of methoxy groups -OCH3 is 1. The molecule has 1 fully saturated rings. The van der Waals surface area contributed by atoms with Gasteiger partial charge in [-0.3, -0.25) is 19.3 Å². The average molecular weight is 500 g/mol. The summed E-state index contributed by atoms with van der Waals surface area (Å²) in [5.41, 5.74) is 5.68. The van der Waals surface area contributed by atoms with E-state index in [-0.39, 0.29) is 23.1 Å². The van der Waals surface area contributed by atoms with Gasteiger partial charge in [0, 0.05) is 32.1 Å². The minimum atomic E-state index is -1.17. The molecule has 3 rings (SSSR count). The number of amides is 2. The molecule has 1 aromatic heterocycles. The van der Waals surface area contributed by atoms with Crippen LogP contribution >= 0.6 is 23.1 Å². The lowest BCUT2D eigenvalue weighted by atomic mass is 10.0. The highest BCUT2D eigenvalue weighted by Gasteiger charge is 2.54. The summed E-state index contributed by atoms with van der Waals surface area (Å²) in [7, 11) is 1.44. The lowest BCUT2D eigenvalue weighted by Gasteiger charge is -2.49. The number of nitrogens with zero attached hydrogens (tertiary/aromatic N) is 3. The van der Waals surface area contributed by atoms with Gasteiger partial charge >= 0.3 is 11.9 Å².